The number of nitrogens with one attached hydrogen (secondary N) is 1. The van der Waals surface area contributed by atoms with E-state index in [0.717, 1.165) is 50.4 Å². The van der Waals surface area contributed by atoms with Gasteiger partial charge in [0.1, 0.15) is 17.7 Å². The van der Waals surface area contributed by atoms with Crippen LogP contribution in [0.1, 0.15) is 51.4 Å². The van der Waals surface area contributed by atoms with Gasteiger partial charge in [0.2, 0.25) is 0 Å². The Kier molecular flexibility index (Phi) is 7.67. The van der Waals surface area contributed by atoms with Crippen LogP contribution in [0.5, 0.6) is 0 Å². The number of carbonyl (C=O) groups is 2. The number of nitrogens with zero attached hydrogens (tertiary/aromatic N) is 4. The van der Waals surface area contributed by atoms with Gasteiger partial charge in [-0.05, 0) is 60.7 Å². The van der Waals surface area contributed by atoms with E-state index in [0.29, 0.717) is 0 Å². The van der Waals surface area contributed by atoms with Gasteiger partial charge in [0.15, 0.2) is 11.6 Å². The van der Waals surface area contributed by atoms with E-state index in [1.165, 1.54) is 43.0 Å². The third-order valence-corrected chi connectivity index (χ3v) is 7.04. The largest absolute Gasteiger partial charge is 0.372 e. The predicted octanol–water partition coefficient (Wildman–Crippen LogP) is 3.73. The first-order valence-electron chi connectivity index (χ1n) is 12.9. The minimum Gasteiger partial charge on any atom is -0.372 e. The summed E-state index contributed by atoms with van der Waals surface area (Å²) in [6.07, 6.45) is 5.57. The molecule has 1 N–H and O–H groups in total. The Morgan fingerprint density at radius 2 is 1.14 bits per heavy atom. The van der Waals surface area contributed by atoms with Crippen molar-refractivity contribution in [3.05, 3.63) is 83.4 Å². The van der Waals surface area contributed by atoms with E-state index in [1.807, 2.05) is 24.3 Å². The number of piperidine rings is 1. The number of carbonyl (C=O) groups excluding carboxylic acids is 2. The fraction of sp³-hybridized carbons (Fsp3) is 0.379. The van der Waals surface area contributed by atoms with Crippen molar-refractivity contribution in [2.24, 2.45) is 0 Å². The molecule has 0 bridgehead atoms. The van der Waals surface area contributed by atoms with Crippen LogP contribution in [0.25, 0.3) is 0 Å². The SMILES string of the molecule is O=C(Cc1ccc(N2CCCCC2)cc1)c1cc(C(=O)Cc2ccc(N3CCNCC3)cc2)ncn1. The first-order valence-corrected chi connectivity index (χ1v) is 12.9. The highest BCUT2D eigenvalue weighted by Gasteiger charge is 2.16. The molecule has 2 aliphatic heterocycles. The summed E-state index contributed by atoms with van der Waals surface area (Å²) in [5.74, 6) is -0.232. The third kappa shape index (κ3) is 5.97. The molecule has 0 atom stereocenters. The van der Waals surface area contributed by atoms with E-state index < -0.39 is 0 Å². The Morgan fingerprint density at radius 3 is 1.64 bits per heavy atom. The van der Waals surface area contributed by atoms with Crippen LogP contribution >= 0.6 is 0 Å². The lowest BCUT2D eigenvalue weighted by atomic mass is 10.0. The molecule has 7 heteroatoms. The van der Waals surface area contributed by atoms with Gasteiger partial charge in [-0.1, -0.05) is 24.3 Å². The standard InChI is InChI=1S/C29H33N5O2/c35-28(18-22-4-8-24(9-5-22)33-14-2-1-3-15-33)26-20-27(32-21-31-26)29(36)19-23-6-10-25(11-7-23)34-16-12-30-13-17-34/h4-11,20-21,30H,1-3,12-19H2. The molecule has 3 aromatic rings. The Labute approximate surface area is 212 Å². The van der Waals surface area contributed by atoms with Crippen LogP contribution in [0.3, 0.4) is 0 Å². The maximum Gasteiger partial charge on any atom is 0.185 e. The smallest absolute Gasteiger partial charge is 0.185 e. The van der Waals surface area contributed by atoms with Crippen molar-refractivity contribution < 1.29 is 9.59 Å². The fourth-order valence-electron chi connectivity index (χ4n) is 4.94. The van der Waals surface area contributed by atoms with Crippen molar-refractivity contribution >= 4 is 22.9 Å². The average Bonchev–Trinajstić information content (AvgIpc) is 2.95. The molecule has 186 valence electrons. The van der Waals surface area contributed by atoms with Crippen LogP contribution in [0.4, 0.5) is 11.4 Å². The maximum atomic E-state index is 12.9. The van der Waals surface area contributed by atoms with Gasteiger partial charge in [-0.3, -0.25) is 9.59 Å². The molecule has 0 saturated carbocycles. The van der Waals surface area contributed by atoms with Gasteiger partial charge in [0.25, 0.3) is 0 Å². The topological polar surface area (TPSA) is 78.4 Å². The minimum absolute atomic E-state index is 0.113. The summed E-state index contributed by atoms with van der Waals surface area (Å²) < 4.78 is 0. The Balaban J connectivity index is 1.19. The maximum absolute atomic E-state index is 12.9. The first-order chi connectivity index (χ1) is 17.7. The van der Waals surface area contributed by atoms with Gasteiger partial charge >= 0.3 is 0 Å². The highest BCUT2D eigenvalue weighted by molar-refractivity contribution is 6.00. The van der Waals surface area contributed by atoms with Gasteiger partial charge in [0, 0.05) is 63.5 Å². The minimum atomic E-state index is -0.118. The molecule has 0 radical (unpaired) electrons. The molecule has 2 saturated heterocycles. The summed E-state index contributed by atoms with van der Waals surface area (Å²) in [5.41, 5.74) is 4.81. The van der Waals surface area contributed by atoms with Crippen LogP contribution < -0.4 is 15.1 Å². The number of benzene rings is 2. The van der Waals surface area contributed by atoms with E-state index in [1.54, 1.807) is 0 Å². The summed E-state index contributed by atoms with van der Waals surface area (Å²) in [6, 6.07) is 17.9. The van der Waals surface area contributed by atoms with Crippen molar-refractivity contribution in [2.45, 2.75) is 32.1 Å². The molecule has 0 spiro atoms. The number of aromatic nitrogens is 2. The second kappa shape index (κ2) is 11.4. The molecule has 0 aliphatic carbocycles. The number of Topliss-reactive ketones (excluding diaryl/α,β-unsaturated/α-hetero) is 2. The van der Waals surface area contributed by atoms with Gasteiger partial charge in [-0.25, -0.2) is 9.97 Å². The first kappa shape index (κ1) is 24.1. The van der Waals surface area contributed by atoms with E-state index in [9.17, 15) is 9.59 Å². The molecule has 36 heavy (non-hydrogen) atoms. The molecule has 0 amide bonds. The van der Waals surface area contributed by atoms with E-state index >= 15 is 0 Å². The number of rotatable bonds is 8. The van der Waals surface area contributed by atoms with E-state index in [-0.39, 0.29) is 35.8 Å². The second-order valence-electron chi connectivity index (χ2n) is 9.61. The molecule has 2 fully saturated rings. The molecular formula is C29H33N5O2. The Bertz CT molecular complexity index is 1090. The van der Waals surface area contributed by atoms with Crippen LogP contribution in [0.15, 0.2) is 60.9 Å². The Morgan fingerprint density at radius 1 is 0.667 bits per heavy atom. The molecule has 2 aromatic carbocycles. The zero-order valence-corrected chi connectivity index (χ0v) is 20.7. The molecule has 1 aromatic heterocycles. The van der Waals surface area contributed by atoms with Crippen molar-refractivity contribution in [3.8, 4) is 0 Å². The van der Waals surface area contributed by atoms with Gasteiger partial charge in [-0.2, -0.15) is 0 Å². The monoisotopic (exact) mass is 483 g/mol. The number of piperazine rings is 1. The predicted molar refractivity (Wildman–Crippen MR) is 142 cm³/mol. The molecule has 0 unspecified atom stereocenters. The lowest BCUT2D eigenvalue weighted by Gasteiger charge is -2.29. The third-order valence-electron chi connectivity index (χ3n) is 7.04. The Hall–Kier alpha value is -3.58. The van der Waals surface area contributed by atoms with Gasteiger partial charge in [0.05, 0.1) is 0 Å². The molecule has 3 heterocycles. The summed E-state index contributed by atoms with van der Waals surface area (Å²) >= 11 is 0. The van der Waals surface area contributed by atoms with Gasteiger partial charge < -0.3 is 15.1 Å². The number of hydrogen-bond donors (Lipinski definition) is 1. The van der Waals surface area contributed by atoms with Crippen LogP contribution in [0, 0.1) is 0 Å². The fourth-order valence-corrected chi connectivity index (χ4v) is 4.94. The number of anilines is 2. The molecule has 7 nitrogen and oxygen atoms in total. The quantitative estimate of drug-likeness (QED) is 0.489. The summed E-state index contributed by atoms with van der Waals surface area (Å²) in [7, 11) is 0. The van der Waals surface area contributed by atoms with Crippen molar-refractivity contribution in [1.29, 1.82) is 0 Å². The lowest BCUT2D eigenvalue weighted by Crippen LogP contribution is -2.43. The normalized spacial score (nSPS) is 16.1. The number of hydrogen-bond acceptors (Lipinski definition) is 7. The molecule has 5 rings (SSSR count). The van der Waals surface area contributed by atoms with E-state index in [4.69, 9.17) is 0 Å². The van der Waals surface area contributed by atoms with Crippen LogP contribution in [0.2, 0.25) is 0 Å². The zero-order valence-electron chi connectivity index (χ0n) is 20.7. The summed E-state index contributed by atoms with van der Waals surface area (Å²) in [4.78, 5) is 38.8. The second-order valence-corrected chi connectivity index (χ2v) is 9.61. The van der Waals surface area contributed by atoms with Crippen molar-refractivity contribution in [1.82, 2.24) is 15.3 Å². The number of ketones is 2. The van der Waals surface area contributed by atoms with Crippen LogP contribution in [-0.2, 0) is 12.8 Å². The average molecular weight is 484 g/mol. The van der Waals surface area contributed by atoms with E-state index in [2.05, 4.69) is 49.4 Å². The highest BCUT2D eigenvalue weighted by atomic mass is 16.1. The zero-order chi connectivity index (χ0) is 24.7. The van der Waals surface area contributed by atoms with Crippen molar-refractivity contribution in [2.75, 3.05) is 49.1 Å². The summed E-state index contributed by atoms with van der Waals surface area (Å²) in [5, 5.41) is 3.36. The van der Waals surface area contributed by atoms with Crippen molar-refractivity contribution in [3.63, 3.8) is 0 Å². The van der Waals surface area contributed by atoms with Gasteiger partial charge in [-0.15, -0.1) is 0 Å². The molecular weight excluding hydrogens is 450 g/mol. The lowest BCUT2D eigenvalue weighted by molar-refractivity contribution is 0.0987. The molecule has 2 aliphatic rings. The highest BCUT2D eigenvalue weighted by Crippen LogP contribution is 2.21. The summed E-state index contributed by atoms with van der Waals surface area (Å²) in [6.45, 7) is 6.13. The van der Waals surface area contributed by atoms with Crippen LogP contribution in [-0.4, -0.2) is 60.8 Å².